The molecular weight excluding hydrogens is 352 g/mol. The van der Waals surface area contributed by atoms with E-state index in [-0.39, 0.29) is 12.3 Å². The van der Waals surface area contributed by atoms with Gasteiger partial charge in [-0.1, -0.05) is 18.7 Å². The topological polar surface area (TPSA) is 40.5 Å². The highest BCUT2D eigenvalue weighted by Gasteiger charge is 2.34. The van der Waals surface area contributed by atoms with E-state index in [0.29, 0.717) is 16.8 Å². The first-order chi connectivity index (χ1) is 13.4. The second-order valence-electron chi connectivity index (χ2n) is 7.81. The normalized spacial score (nSPS) is 15.8. The molecule has 2 heterocycles. The summed E-state index contributed by atoms with van der Waals surface area (Å²) in [5.41, 5.74) is 4.90. The van der Waals surface area contributed by atoms with E-state index >= 15 is 0 Å². The minimum absolute atomic E-state index is 0.0425. The summed E-state index contributed by atoms with van der Waals surface area (Å²) in [4.78, 5) is 13.4. The fraction of sp³-hybridized carbons (Fsp3) is 0.435. The molecule has 0 N–H and O–H groups in total. The van der Waals surface area contributed by atoms with E-state index in [0.717, 1.165) is 52.7 Å². The van der Waals surface area contributed by atoms with E-state index in [4.69, 9.17) is 9.47 Å². The standard InChI is InChI=1S/C23H31N2O3/c1-7-10-17-13-18(16(3)28-8-2)14-20-21(17)22-19(11-9-12-25(22,4)5)23(26)24(20)15-27-6/h7,10,13-14H,3,8-9,11-12,15H2,1-2,4-6H3/q+1/b10-7+. The average molecular weight is 384 g/mol. The fourth-order valence-electron chi connectivity index (χ4n) is 4.29. The first-order valence-electron chi connectivity index (χ1n) is 9.86. The summed E-state index contributed by atoms with van der Waals surface area (Å²) in [5, 5.41) is 1.11. The number of pyridine rings is 1. The molecule has 0 radical (unpaired) electrons. The summed E-state index contributed by atoms with van der Waals surface area (Å²) in [7, 11) is 5.99. The molecule has 0 unspecified atom stereocenters. The molecule has 1 aromatic heterocycles. The van der Waals surface area contributed by atoms with Crippen molar-refractivity contribution in [3.05, 3.63) is 51.8 Å². The van der Waals surface area contributed by atoms with Gasteiger partial charge >= 0.3 is 0 Å². The molecule has 0 saturated heterocycles. The first-order valence-corrected chi connectivity index (χ1v) is 9.86. The van der Waals surface area contributed by atoms with Crippen molar-refractivity contribution in [3.63, 3.8) is 0 Å². The van der Waals surface area contributed by atoms with E-state index in [1.54, 1.807) is 11.7 Å². The van der Waals surface area contributed by atoms with Gasteiger partial charge in [0.2, 0.25) is 0 Å². The molecule has 1 aliphatic rings. The summed E-state index contributed by atoms with van der Waals surface area (Å²) < 4.78 is 13.5. The number of fused-ring (bicyclic) bond motifs is 3. The lowest BCUT2D eigenvalue weighted by Gasteiger charge is -2.36. The summed E-state index contributed by atoms with van der Waals surface area (Å²) in [6.07, 6.45) is 5.94. The van der Waals surface area contributed by atoms with Gasteiger partial charge in [0.05, 0.1) is 43.7 Å². The van der Waals surface area contributed by atoms with Gasteiger partial charge in [-0.15, -0.1) is 0 Å². The summed E-state index contributed by atoms with van der Waals surface area (Å²) in [5.74, 6) is 0.609. The van der Waals surface area contributed by atoms with Gasteiger partial charge in [0.1, 0.15) is 12.5 Å². The predicted molar refractivity (Wildman–Crippen MR) is 117 cm³/mol. The molecule has 3 rings (SSSR count). The molecule has 0 atom stereocenters. The second-order valence-corrected chi connectivity index (χ2v) is 7.81. The quantitative estimate of drug-likeness (QED) is 0.556. The van der Waals surface area contributed by atoms with Gasteiger partial charge in [-0.2, -0.15) is 0 Å². The van der Waals surface area contributed by atoms with Gasteiger partial charge in [-0.25, -0.2) is 0 Å². The van der Waals surface area contributed by atoms with Gasteiger partial charge in [0, 0.05) is 19.1 Å². The number of quaternary nitrogens is 1. The van der Waals surface area contributed by atoms with Crippen LogP contribution < -0.4 is 10.0 Å². The van der Waals surface area contributed by atoms with Crippen LogP contribution in [0.15, 0.2) is 29.6 Å². The lowest BCUT2D eigenvalue weighted by atomic mass is 9.93. The van der Waals surface area contributed by atoms with Crippen LogP contribution in [0.1, 0.15) is 37.0 Å². The van der Waals surface area contributed by atoms with Crippen molar-refractivity contribution in [3.8, 4) is 0 Å². The van der Waals surface area contributed by atoms with Gasteiger partial charge in [-0.3, -0.25) is 13.8 Å². The Morgan fingerprint density at radius 3 is 2.75 bits per heavy atom. The zero-order valence-electron chi connectivity index (χ0n) is 17.7. The Kier molecular flexibility index (Phi) is 5.77. The molecule has 0 bridgehead atoms. The Bertz CT molecular complexity index is 999. The largest absolute Gasteiger partial charge is 0.494 e. The second kappa shape index (κ2) is 7.94. The third kappa shape index (κ3) is 3.40. The maximum Gasteiger partial charge on any atom is 0.262 e. The van der Waals surface area contributed by atoms with Crippen molar-refractivity contribution in [1.82, 2.24) is 9.05 Å². The van der Waals surface area contributed by atoms with Crippen molar-refractivity contribution in [2.75, 3.05) is 34.4 Å². The summed E-state index contributed by atoms with van der Waals surface area (Å²) in [6.45, 7) is 9.80. The average Bonchev–Trinajstić information content (AvgIpc) is 2.64. The van der Waals surface area contributed by atoms with E-state index in [1.165, 1.54) is 0 Å². The SMILES string of the molecule is C=C(OCC)c1cc(/C=C/C)c2c3c(c(=O)n(COC)c2c1)CCC[N+]3(C)C. The zero-order chi connectivity index (χ0) is 20.5. The van der Waals surface area contributed by atoms with Crippen molar-refractivity contribution in [2.45, 2.75) is 33.4 Å². The minimum Gasteiger partial charge on any atom is -0.494 e. The number of hydrogen-bond donors (Lipinski definition) is 0. The Morgan fingerprint density at radius 2 is 2.11 bits per heavy atom. The van der Waals surface area contributed by atoms with Crippen molar-refractivity contribution < 1.29 is 9.47 Å². The summed E-state index contributed by atoms with van der Waals surface area (Å²) >= 11 is 0. The number of benzene rings is 1. The molecule has 1 aliphatic heterocycles. The highest BCUT2D eigenvalue weighted by molar-refractivity contribution is 6.00. The molecule has 150 valence electrons. The summed E-state index contributed by atoms with van der Waals surface area (Å²) in [6, 6.07) is 4.12. The fourth-order valence-corrected chi connectivity index (χ4v) is 4.29. The van der Waals surface area contributed by atoms with Crippen molar-refractivity contribution in [1.29, 1.82) is 0 Å². The monoisotopic (exact) mass is 383 g/mol. The van der Waals surface area contributed by atoms with Crippen molar-refractivity contribution >= 4 is 28.4 Å². The van der Waals surface area contributed by atoms with Crippen LogP contribution in [0.25, 0.3) is 22.7 Å². The van der Waals surface area contributed by atoms with Crippen LogP contribution in [0.4, 0.5) is 5.69 Å². The number of allylic oxidation sites excluding steroid dienone is 1. The van der Waals surface area contributed by atoms with Crippen LogP contribution in [0.2, 0.25) is 0 Å². The van der Waals surface area contributed by atoms with Crippen LogP contribution in [0.5, 0.6) is 0 Å². The van der Waals surface area contributed by atoms with Crippen LogP contribution in [-0.4, -0.2) is 38.9 Å². The van der Waals surface area contributed by atoms with Crippen LogP contribution in [0, 0.1) is 0 Å². The molecule has 1 aromatic carbocycles. The third-order valence-corrected chi connectivity index (χ3v) is 5.46. The van der Waals surface area contributed by atoms with Crippen molar-refractivity contribution in [2.24, 2.45) is 0 Å². The maximum absolute atomic E-state index is 13.4. The molecule has 2 aromatic rings. The molecule has 5 nitrogen and oxygen atoms in total. The number of rotatable bonds is 6. The Hall–Kier alpha value is -2.37. The molecule has 0 saturated carbocycles. The van der Waals surface area contributed by atoms with Gasteiger partial charge in [-0.05, 0) is 38.0 Å². The number of hydrogen-bond acceptors (Lipinski definition) is 3. The first kappa shape index (κ1) is 20.4. The number of aromatic nitrogens is 1. The highest BCUT2D eigenvalue weighted by atomic mass is 16.5. The lowest BCUT2D eigenvalue weighted by Crippen LogP contribution is -2.47. The lowest BCUT2D eigenvalue weighted by molar-refractivity contribution is 0.131. The molecule has 28 heavy (non-hydrogen) atoms. The Morgan fingerprint density at radius 1 is 1.36 bits per heavy atom. The molecule has 0 aliphatic carbocycles. The van der Waals surface area contributed by atoms with E-state index < -0.39 is 0 Å². The zero-order valence-corrected chi connectivity index (χ0v) is 17.7. The van der Waals surface area contributed by atoms with Gasteiger partial charge in [0.25, 0.3) is 5.56 Å². The smallest absolute Gasteiger partial charge is 0.262 e. The molecular formula is C23H31N2O3+. The van der Waals surface area contributed by atoms with Crippen LogP contribution in [0.3, 0.4) is 0 Å². The van der Waals surface area contributed by atoms with Crippen LogP contribution >= 0.6 is 0 Å². The van der Waals surface area contributed by atoms with Gasteiger partial charge in [0.15, 0.2) is 5.69 Å². The molecule has 5 heteroatoms. The number of methoxy groups -OCH3 is 1. The van der Waals surface area contributed by atoms with Gasteiger partial charge < -0.3 is 9.47 Å². The van der Waals surface area contributed by atoms with Crippen LogP contribution in [-0.2, 0) is 22.6 Å². The third-order valence-electron chi connectivity index (χ3n) is 5.46. The van der Waals surface area contributed by atoms with E-state index in [1.807, 2.05) is 26.0 Å². The molecule has 0 amide bonds. The Balaban J connectivity index is 2.51. The number of ether oxygens (including phenoxy) is 2. The maximum atomic E-state index is 13.4. The van der Waals surface area contributed by atoms with E-state index in [2.05, 4.69) is 32.8 Å². The highest BCUT2D eigenvalue weighted by Crippen LogP contribution is 2.39. The predicted octanol–water partition coefficient (Wildman–Crippen LogP) is 4.16. The molecule has 0 fully saturated rings. The van der Waals surface area contributed by atoms with E-state index in [9.17, 15) is 4.79 Å². The number of nitrogens with zero attached hydrogens (tertiary/aromatic N) is 2. The minimum atomic E-state index is 0.0425. The molecule has 0 spiro atoms. The Labute approximate surface area is 167 Å².